The fourth-order valence-electron chi connectivity index (χ4n) is 6.37. The van der Waals surface area contributed by atoms with E-state index in [1.165, 1.54) is 16.9 Å². The summed E-state index contributed by atoms with van der Waals surface area (Å²) in [6.07, 6.45) is 6.98. The summed E-state index contributed by atoms with van der Waals surface area (Å²) < 4.78 is 0. The molecule has 3 fully saturated rings. The zero-order chi connectivity index (χ0) is 25.2. The van der Waals surface area contributed by atoms with Crippen LogP contribution in [0.25, 0.3) is 10.9 Å². The minimum atomic E-state index is 0.471. The van der Waals surface area contributed by atoms with Crippen molar-refractivity contribution in [2.45, 2.75) is 32.0 Å². The van der Waals surface area contributed by atoms with E-state index < -0.39 is 0 Å². The van der Waals surface area contributed by atoms with Gasteiger partial charge in [0.1, 0.15) is 6.07 Å². The van der Waals surface area contributed by atoms with Crippen LogP contribution in [0.4, 0.5) is 11.4 Å². The molecule has 0 amide bonds. The first-order valence-corrected chi connectivity index (χ1v) is 13.6. The molecule has 2 aromatic heterocycles. The zero-order valence-corrected chi connectivity index (χ0v) is 21.7. The molecule has 0 spiro atoms. The lowest BCUT2D eigenvalue weighted by molar-refractivity contribution is 0.127. The minimum Gasteiger partial charge on any atom is -0.368 e. The molecule has 0 aliphatic carbocycles. The molecule has 0 bridgehead atoms. The number of nitrogens with one attached hydrogen (secondary N) is 1. The summed E-state index contributed by atoms with van der Waals surface area (Å²) in [5.74, 6) is 0. The number of fused-ring (bicyclic) bond motifs is 2. The summed E-state index contributed by atoms with van der Waals surface area (Å²) in [6, 6.07) is 13.8. The number of rotatable bonds is 4. The van der Waals surface area contributed by atoms with Gasteiger partial charge in [0.2, 0.25) is 0 Å². The minimum absolute atomic E-state index is 0.471. The van der Waals surface area contributed by atoms with Gasteiger partial charge >= 0.3 is 0 Å². The second-order valence-corrected chi connectivity index (χ2v) is 10.6. The van der Waals surface area contributed by atoms with Crippen LogP contribution in [0.3, 0.4) is 0 Å². The van der Waals surface area contributed by atoms with Crippen molar-refractivity contribution < 1.29 is 0 Å². The molecule has 2 atom stereocenters. The highest BCUT2D eigenvalue weighted by Crippen LogP contribution is 2.32. The fourth-order valence-corrected chi connectivity index (χ4v) is 6.37. The number of nitriles is 1. The smallest absolute Gasteiger partial charge is 0.101 e. The molecule has 192 valence electrons. The molecule has 3 aromatic rings. The predicted molar refractivity (Wildman–Crippen MR) is 148 cm³/mol. The Morgan fingerprint density at radius 3 is 2.78 bits per heavy atom. The van der Waals surface area contributed by atoms with E-state index in [2.05, 4.69) is 66.1 Å². The highest BCUT2D eigenvalue weighted by Gasteiger charge is 2.34. The molecular formula is C29H36N8. The molecule has 3 aliphatic rings. The van der Waals surface area contributed by atoms with Crippen molar-refractivity contribution in [1.29, 1.82) is 5.26 Å². The van der Waals surface area contributed by atoms with Crippen LogP contribution in [0.5, 0.6) is 0 Å². The van der Waals surface area contributed by atoms with Crippen LogP contribution < -0.4 is 15.1 Å². The van der Waals surface area contributed by atoms with Crippen molar-refractivity contribution in [3.05, 3.63) is 60.0 Å². The van der Waals surface area contributed by atoms with E-state index in [9.17, 15) is 5.26 Å². The Kier molecular flexibility index (Phi) is 6.92. The van der Waals surface area contributed by atoms with E-state index in [0.29, 0.717) is 17.6 Å². The molecule has 6 rings (SSSR count). The molecule has 0 saturated carbocycles. The van der Waals surface area contributed by atoms with Gasteiger partial charge in [-0.3, -0.25) is 19.8 Å². The average molecular weight is 497 g/mol. The summed E-state index contributed by atoms with van der Waals surface area (Å²) in [6.45, 7) is 12.8. The Hall–Kier alpha value is -3.25. The van der Waals surface area contributed by atoms with Gasteiger partial charge in [-0.15, -0.1) is 0 Å². The number of aromatic nitrogens is 2. The maximum absolute atomic E-state index is 9.55. The third-order valence-corrected chi connectivity index (χ3v) is 8.28. The molecule has 3 saturated heterocycles. The van der Waals surface area contributed by atoms with E-state index in [-0.39, 0.29) is 0 Å². The number of pyridine rings is 2. The molecular weight excluding hydrogens is 460 g/mol. The molecule has 8 heteroatoms. The summed E-state index contributed by atoms with van der Waals surface area (Å²) >= 11 is 0. The van der Waals surface area contributed by atoms with E-state index >= 15 is 0 Å². The maximum atomic E-state index is 9.55. The fraction of sp³-hybridized carbons (Fsp3) is 0.483. The topological polar surface area (TPSA) is 74.6 Å². The zero-order valence-electron chi connectivity index (χ0n) is 21.7. The predicted octanol–water partition coefficient (Wildman–Crippen LogP) is 2.70. The van der Waals surface area contributed by atoms with Crippen LogP contribution >= 0.6 is 0 Å². The number of hydrogen-bond acceptors (Lipinski definition) is 8. The van der Waals surface area contributed by atoms with Gasteiger partial charge < -0.3 is 15.1 Å². The summed E-state index contributed by atoms with van der Waals surface area (Å²) in [4.78, 5) is 19.4. The van der Waals surface area contributed by atoms with E-state index in [1.807, 2.05) is 24.5 Å². The average Bonchev–Trinajstić information content (AvgIpc) is 3.15. The van der Waals surface area contributed by atoms with Crippen LogP contribution in [0.1, 0.15) is 24.5 Å². The molecule has 0 radical (unpaired) electrons. The Bertz CT molecular complexity index is 1280. The molecule has 3 aliphatic heterocycles. The second kappa shape index (κ2) is 10.6. The van der Waals surface area contributed by atoms with Crippen molar-refractivity contribution in [3.8, 4) is 6.07 Å². The van der Waals surface area contributed by atoms with Crippen LogP contribution in [0.15, 0.2) is 48.9 Å². The lowest BCUT2D eigenvalue weighted by Gasteiger charge is -2.46. The number of nitrogens with zero attached hydrogens (tertiary/aromatic N) is 7. The number of piperazine rings is 2. The van der Waals surface area contributed by atoms with Gasteiger partial charge in [-0.25, -0.2) is 0 Å². The largest absolute Gasteiger partial charge is 0.368 e. The first-order valence-electron chi connectivity index (χ1n) is 13.6. The van der Waals surface area contributed by atoms with Crippen LogP contribution in [0.2, 0.25) is 0 Å². The van der Waals surface area contributed by atoms with Crippen molar-refractivity contribution >= 4 is 22.3 Å². The number of hydrogen-bond donors (Lipinski definition) is 1. The Labute approximate surface area is 219 Å². The third kappa shape index (κ3) is 4.99. The normalized spacial score (nSPS) is 23.5. The maximum Gasteiger partial charge on any atom is 0.101 e. The second-order valence-electron chi connectivity index (χ2n) is 10.6. The standard InChI is InChI=1S/C29H36N8/c1-22-19-36(28-5-4-24(16-30)29-27(28)3-2-7-33-29)21-25-6-10-34(13-14-37(22)25)20-23-15-26(18-32-17-23)35-11-8-31-9-12-35/h2-5,7,15,17-18,22,25,31H,6,8-14,19-21H2,1H3/t22-,25+/m1/s1. The first-order chi connectivity index (χ1) is 18.2. The highest BCUT2D eigenvalue weighted by atomic mass is 15.3. The van der Waals surface area contributed by atoms with Crippen LogP contribution in [0, 0.1) is 11.3 Å². The van der Waals surface area contributed by atoms with Crippen molar-refractivity contribution in [2.75, 3.05) is 68.7 Å². The van der Waals surface area contributed by atoms with E-state index in [0.717, 1.165) is 82.8 Å². The SMILES string of the molecule is C[C@@H]1CN(c2ccc(C#N)c3ncccc23)C[C@@H]2CCN(Cc3cncc(N4CCNCC4)c3)CCN21. The van der Waals surface area contributed by atoms with E-state index in [1.54, 1.807) is 6.20 Å². The first kappa shape index (κ1) is 24.1. The lowest BCUT2D eigenvalue weighted by Crippen LogP contribution is -2.58. The van der Waals surface area contributed by atoms with Gasteiger partial charge in [-0.2, -0.15) is 5.26 Å². The van der Waals surface area contributed by atoms with Gasteiger partial charge in [0, 0.05) is 101 Å². The highest BCUT2D eigenvalue weighted by molar-refractivity contribution is 5.95. The molecule has 37 heavy (non-hydrogen) atoms. The monoisotopic (exact) mass is 496 g/mol. The Morgan fingerprint density at radius 2 is 1.92 bits per heavy atom. The molecule has 5 heterocycles. The molecule has 1 N–H and O–H groups in total. The van der Waals surface area contributed by atoms with Crippen molar-refractivity contribution in [3.63, 3.8) is 0 Å². The Balaban J connectivity index is 1.15. The molecule has 1 aromatic carbocycles. The van der Waals surface area contributed by atoms with Gasteiger partial charge in [-0.05, 0) is 49.2 Å². The Morgan fingerprint density at radius 1 is 1.03 bits per heavy atom. The number of benzene rings is 1. The summed E-state index contributed by atoms with van der Waals surface area (Å²) in [7, 11) is 0. The van der Waals surface area contributed by atoms with Crippen molar-refractivity contribution in [2.24, 2.45) is 0 Å². The summed E-state index contributed by atoms with van der Waals surface area (Å²) in [5, 5.41) is 14.1. The third-order valence-electron chi connectivity index (χ3n) is 8.28. The van der Waals surface area contributed by atoms with E-state index in [4.69, 9.17) is 0 Å². The van der Waals surface area contributed by atoms with Gasteiger partial charge in [-0.1, -0.05) is 0 Å². The van der Waals surface area contributed by atoms with Gasteiger partial charge in [0.05, 0.1) is 23.0 Å². The van der Waals surface area contributed by atoms with Crippen LogP contribution in [-0.2, 0) is 6.54 Å². The summed E-state index contributed by atoms with van der Waals surface area (Å²) in [5.41, 5.74) is 5.21. The van der Waals surface area contributed by atoms with Gasteiger partial charge in [0.15, 0.2) is 0 Å². The quantitative estimate of drug-likeness (QED) is 0.591. The number of anilines is 2. The molecule has 0 unspecified atom stereocenters. The molecule has 8 nitrogen and oxygen atoms in total. The lowest BCUT2D eigenvalue weighted by atomic mass is 10.0. The van der Waals surface area contributed by atoms with Crippen LogP contribution in [-0.4, -0.2) is 90.8 Å². The van der Waals surface area contributed by atoms with Crippen molar-refractivity contribution in [1.82, 2.24) is 25.1 Å². The van der Waals surface area contributed by atoms with Gasteiger partial charge in [0.25, 0.3) is 0 Å².